The summed E-state index contributed by atoms with van der Waals surface area (Å²) in [7, 11) is 0. The SMILES string of the molecule is C=CCCC1COC(C2CCC(C3CCC(C(F)(F)Oc4ccc(-c5cc(F)c(F)c(F)c5)c(F)c4)CC3)CC2)OC1. The Hall–Kier alpha value is -2.52. The first-order valence-electron chi connectivity index (χ1n) is 15.0. The predicted molar refractivity (Wildman–Crippen MR) is 147 cm³/mol. The minimum absolute atomic E-state index is 0.144. The first-order valence-corrected chi connectivity index (χ1v) is 15.0. The summed E-state index contributed by atoms with van der Waals surface area (Å²) in [6.45, 7) is 5.22. The number of alkyl halides is 2. The Kier molecular flexibility index (Phi) is 9.88. The third-order valence-corrected chi connectivity index (χ3v) is 9.38. The maximum atomic E-state index is 15.1. The van der Waals surface area contributed by atoms with Crippen LogP contribution in [0.15, 0.2) is 43.0 Å². The third kappa shape index (κ3) is 7.16. The first kappa shape index (κ1) is 30.9. The second kappa shape index (κ2) is 13.4. The average Bonchev–Trinajstić information content (AvgIpc) is 2.99. The molecule has 0 radical (unpaired) electrons. The summed E-state index contributed by atoms with van der Waals surface area (Å²) in [6, 6.07) is 4.26. The lowest BCUT2D eigenvalue weighted by Gasteiger charge is -2.41. The van der Waals surface area contributed by atoms with Gasteiger partial charge in [-0.05, 0) is 106 Å². The van der Waals surface area contributed by atoms with Crippen molar-refractivity contribution in [1.82, 2.24) is 0 Å². The molecule has 0 bridgehead atoms. The van der Waals surface area contributed by atoms with E-state index < -0.39 is 35.3 Å². The lowest BCUT2D eigenvalue weighted by atomic mass is 9.69. The molecule has 0 unspecified atom stereocenters. The maximum absolute atomic E-state index is 15.1. The molecule has 230 valence electrons. The minimum Gasteiger partial charge on any atom is -0.432 e. The molecular weight excluding hydrogens is 558 g/mol. The second-order valence-corrected chi connectivity index (χ2v) is 12.1. The van der Waals surface area contributed by atoms with E-state index in [2.05, 4.69) is 6.58 Å². The summed E-state index contributed by atoms with van der Waals surface area (Å²) in [5.74, 6) is -5.31. The zero-order chi connectivity index (χ0) is 29.9. The van der Waals surface area contributed by atoms with Gasteiger partial charge in [0.05, 0.1) is 19.1 Å². The molecule has 2 aromatic carbocycles. The number of halogens is 6. The van der Waals surface area contributed by atoms with Gasteiger partial charge in [-0.2, -0.15) is 8.78 Å². The highest BCUT2D eigenvalue weighted by Crippen LogP contribution is 2.46. The Bertz CT molecular complexity index is 1190. The first-order chi connectivity index (χ1) is 20.1. The molecule has 3 aliphatic rings. The van der Waals surface area contributed by atoms with E-state index in [-0.39, 0.29) is 23.2 Å². The van der Waals surface area contributed by atoms with Gasteiger partial charge < -0.3 is 14.2 Å². The molecule has 0 N–H and O–H groups in total. The Balaban J connectivity index is 1.09. The molecule has 2 aliphatic carbocycles. The van der Waals surface area contributed by atoms with Crippen LogP contribution in [0.3, 0.4) is 0 Å². The summed E-state index contributed by atoms with van der Waals surface area (Å²) in [5.41, 5.74) is -0.505. The van der Waals surface area contributed by atoms with Crippen molar-refractivity contribution < 1.29 is 40.6 Å². The van der Waals surface area contributed by atoms with Gasteiger partial charge in [-0.1, -0.05) is 6.08 Å². The predicted octanol–water partition coefficient (Wildman–Crippen LogP) is 9.45. The van der Waals surface area contributed by atoms with E-state index in [1.54, 1.807) is 0 Å². The maximum Gasteiger partial charge on any atom is 0.400 e. The van der Waals surface area contributed by atoms with Gasteiger partial charge in [0.2, 0.25) is 0 Å². The summed E-state index contributed by atoms with van der Waals surface area (Å²) < 4.78 is 102. The van der Waals surface area contributed by atoms with Crippen molar-refractivity contribution in [2.45, 2.75) is 76.6 Å². The van der Waals surface area contributed by atoms with Crippen LogP contribution < -0.4 is 4.74 Å². The molecule has 5 rings (SSSR count). The molecule has 0 spiro atoms. The Morgan fingerprint density at radius 3 is 1.93 bits per heavy atom. The molecule has 2 aromatic rings. The van der Waals surface area contributed by atoms with Crippen molar-refractivity contribution in [3.05, 3.63) is 66.3 Å². The Morgan fingerprint density at radius 1 is 0.786 bits per heavy atom. The molecule has 0 amide bonds. The highest BCUT2D eigenvalue weighted by Gasteiger charge is 2.45. The largest absolute Gasteiger partial charge is 0.432 e. The van der Waals surface area contributed by atoms with Crippen molar-refractivity contribution in [1.29, 1.82) is 0 Å². The fourth-order valence-corrected chi connectivity index (χ4v) is 6.91. The van der Waals surface area contributed by atoms with E-state index >= 15 is 8.78 Å². The molecule has 0 aromatic heterocycles. The molecule has 1 heterocycles. The highest BCUT2D eigenvalue weighted by molar-refractivity contribution is 5.65. The lowest BCUT2D eigenvalue weighted by molar-refractivity contribution is -0.231. The molecular formula is C33H38F6O3. The van der Waals surface area contributed by atoms with Gasteiger partial charge in [0.25, 0.3) is 0 Å². The van der Waals surface area contributed by atoms with Crippen LogP contribution in [0.25, 0.3) is 11.1 Å². The van der Waals surface area contributed by atoms with Crippen molar-refractivity contribution >= 4 is 0 Å². The smallest absolute Gasteiger partial charge is 0.400 e. The molecule has 3 nitrogen and oxygen atoms in total. The standard InChI is InChI=1S/C33H38F6O3/c1-2-3-4-20-18-40-32(41-19-20)23-7-5-21(6-8-23)22-9-11-25(12-10-22)33(38,39)42-26-13-14-27(28(34)17-26)24-15-29(35)31(37)30(36)16-24/h2,13-17,20-23,25,32H,1,3-12,18-19H2. The topological polar surface area (TPSA) is 27.7 Å². The summed E-state index contributed by atoms with van der Waals surface area (Å²) in [4.78, 5) is 0. The van der Waals surface area contributed by atoms with Crippen LogP contribution in [0.1, 0.15) is 64.2 Å². The van der Waals surface area contributed by atoms with E-state index in [0.717, 1.165) is 69.9 Å². The van der Waals surface area contributed by atoms with Gasteiger partial charge in [0.1, 0.15) is 11.6 Å². The highest BCUT2D eigenvalue weighted by atomic mass is 19.3. The van der Waals surface area contributed by atoms with Crippen LogP contribution in [0.2, 0.25) is 0 Å². The fraction of sp³-hybridized carbons (Fsp3) is 0.576. The molecule has 2 saturated carbocycles. The van der Waals surface area contributed by atoms with Gasteiger partial charge in [0, 0.05) is 23.5 Å². The molecule has 0 atom stereocenters. The van der Waals surface area contributed by atoms with Gasteiger partial charge in [-0.15, -0.1) is 6.58 Å². The van der Waals surface area contributed by atoms with Gasteiger partial charge in [-0.25, -0.2) is 17.6 Å². The summed E-state index contributed by atoms with van der Waals surface area (Å²) in [6.07, 6.45) is 6.40. The fourth-order valence-electron chi connectivity index (χ4n) is 6.91. The molecule has 9 heteroatoms. The summed E-state index contributed by atoms with van der Waals surface area (Å²) in [5, 5.41) is 0. The van der Waals surface area contributed by atoms with Crippen LogP contribution in [0.4, 0.5) is 26.3 Å². The van der Waals surface area contributed by atoms with Crippen molar-refractivity contribution in [2.24, 2.45) is 29.6 Å². The van der Waals surface area contributed by atoms with E-state index in [0.29, 0.717) is 61.5 Å². The quantitative estimate of drug-likeness (QED) is 0.164. The van der Waals surface area contributed by atoms with Crippen molar-refractivity contribution in [2.75, 3.05) is 13.2 Å². The van der Waals surface area contributed by atoms with Gasteiger partial charge in [0.15, 0.2) is 23.7 Å². The monoisotopic (exact) mass is 596 g/mol. The molecule has 42 heavy (non-hydrogen) atoms. The van der Waals surface area contributed by atoms with Crippen LogP contribution >= 0.6 is 0 Å². The van der Waals surface area contributed by atoms with Crippen LogP contribution in [-0.4, -0.2) is 25.6 Å². The van der Waals surface area contributed by atoms with Crippen molar-refractivity contribution in [3.63, 3.8) is 0 Å². The zero-order valence-electron chi connectivity index (χ0n) is 23.6. The number of rotatable bonds is 9. The van der Waals surface area contributed by atoms with Gasteiger partial charge >= 0.3 is 6.11 Å². The van der Waals surface area contributed by atoms with Crippen molar-refractivity contribution in [3.8, 4) is 16.9 Å². The number of hydrogen-bond acceptors (Lipinski definition) is 3. The number of benzene rings is 2. The minimum atomic E-state index is -3.50. The van der Waals surface area contributed by atoms with Crippen LogP contribution in [0, 0.1) is 52.9 Å². The van der Waals surface area contributed by atoms with E-state index in [1.165, 1.54) is 0 Å². The normalized spacial score (nSPS) is 28.8. The molecule has 1 aliphatic heterocycles. The van der Waals surface area contributed by atoms with E-state index in [4.69, 9.17) is 14.2 Å². The number of allylic oxidation sites excluding steroid dienone is 1. The van der Waals surface area contributed by atoms with Crippen LogP contribution in [-0.2, 0) is 9.47 Å². The third-order valence-electron chi connectivity index (χ3n) is 9.38. The van der Waals surface area contributed by atoms with Crippen LogP contribution in [0.5, 0.6) is 5.75 Å². The second-order valence-electron chi connectivity index (χ2n) is 12.1. The molecule has 3 fully saturated rings. The number of hydrogen-bond donors (Lipinski definition) is 0. The summed E-state index contributed by atoms with van der Waals surface area (Å²) >= 11 is 0. The zero-order valence-corrected chi connectivity index (χ0v) is 23.6. The average molecular weight is 597 g/mol. The van der Waals surface area contributed by atoms with Gasteiger partial charge in [-0.3, -0.25) is 0 Å². The molecule has 1 saturated heterocycles. The Labute approximate surface area is 243 Å². The lowest BCUT2D eigenvalue weighted by Crippen LogP contribution is -2.40. The van der Waals surface area contributed by atoms with E-state index in [9.17, 15) is 17.6 Å². The number of ether oxygens (including phenoxy) is 3. The Morgan fingerprint density at radius 2 is 1.36 bits per heavy atom. The van der Waals surface area contributed by atoms with E-state index in [1.807, 2.05) is 6.08 Å².